The molecule has 3 rings (SSSR count). The van der Waals surface area contributed by atoms with Crippen LogP contribution in [0.1, 0.15) is 5.56 Å². The van der Waals surface area contributed by atoms with Gasteiger partial charge in [-0.1, -0.05) is 6.07 Å². The van der Waals surface area contributed by atoms with Gasteiger partial charge in [0.1, 0.15) is 23.6 Å². The molecule has 0 radical (unpaired) electrons. The summed E-state index contributed by atoms with van der Waals surface area (Å²) in [5.41, 5.74) is 8.10. The number of halogens is 1. The molecule has 0 bridgehead atoms. The first-order valence-corrected chi connectivity index (χ1v) is 6.95. The van der Waals surface area contributed by atoms with Crippen LogP contribution in [0, 0.1) is 12.7 Å². The van der Waals surface area contributed by atoms with Crippen molar-refractivity contribution >= 4 is 28.8 Å². The monoisotopic (exact) mass is 310 g/mol. The number of aromatic nitrogens is 3. The van der Waals surface area contributed by atoms with Gasteiger partial charge in [-0.15, -0.1) is 0 Å². The Labute approximate surface area is 132 Å². The first-order valence-electron chi connectivity index (χ1n) is 6.95. The minimum Gasteiger partial charge on any atom is -0.393 e. The first kappa shape index (κ1) is 14.7. The standard InChI is InChI=1S/C16H15FN6/c1-10-3-2-8-19-14(10)23-16-13(18)15(20-9-21-16)22-12-6-4-11(17)5-7-12/h2-9H,18H2,1H3,(H2,19,20,21,22,23). The fourth-order valence-corrected chi connectivity index (χ4v) is 1.99. The highest BCUT2D eigenvalue weighted by atomic mass is 19.1. The summed E-state index contributed by atoms with van der Waals surface area (Å²) in [6, 6.07) is 9.71. The molecular formula is C16H15FN6. The maximum atomic E-state index is 13.0. The number of hydrogen-bond donors (Lipinski definition) is 3. The van der Waals surface area contributed by atoms with E-state index in [4.69, 9.17) is 5.73 Å². The van der Waals surface area contributed by atoms with Gasteiger partial charge in [-0.2, -0.15) is 0 Å². The van der Waals surface area contributed by atoms with Gasteiger partial charge >= 0.3 is 0 Å². The molecule has 2 heterocycles. The molecule has 0 aliphatic heterocycles. The Kier molecular flexibility index (Phi) is 4.01. The third-order valence-corrected chi connectivity index (χ3v) is 3.24. The van der Waals surface area contributed by atoms with Crippen molar-refractivity contribution in [3.63, 3.8) is 0 Å². The number of nitrogen functional groups attached to an aromatic ring is 1. The first-order chi connectivity index (χ1) is 11.1. The molecule has 0 fully saturated rings. The Hall–Kier alpha value is -3.22. The van der Waals surface area contributed by atoms with Crippen molar-refractivity contribution in [1.29, 1.82) is 0 Å². The van der Waals surface area contributed by atoms with Crippen LogP contribution in [0.15, 0.2) is 48.9 Å². The van der Waals surface area contributed by atoms with Crippen LogP contribution in [0.5, 0.6) is 0 Å². The van der Waals surface area contributed by atoms with E-state index in [0.29, 0.717) is 28.8 Å². The van der Waals surface area contributed by atoms with Crippen LogP contribution < -0.4 is 16.4 Å². The third kappa shape index (κ3) is 3.34. The maximum absolute atomic E-state index is 13.0. The Balaban J connectivity index is 1.86. The molecule has 0 aliphatic rings. The average molecular weight is 310 g/mol. The summed E-state index contributed by atoms with van der Waals surface area (Å²) in [5, 5.41) is 6.13. The minimum absolute atomic E-state index is 0.306. The molecule has 0 unspecified atom stereocenters. The molecule has 0 aliphatic carbocycles. The Morgan fingerprint density at radius 1 is 0.913 bits per heavy atom. The lowest BCUT2D eigenvalue weighted by Crippen LogP contribution is -2.06. The molecule has 23 heavy (non-hydrogen) atoms. The van der Waals surface area contributed by atoms with E-state index >= 15 is 0 Å². The van der Waals surface area contributed by atoms with E-state index in [1.54, 1.807) is 18.3 Å². The Morgan fingerprint density at radius 2 is 1.61 bits per heavy atom. The summed E-state index contributed by atoms with van der Waals surface area (Å²) < 4.78 is 13.0. The molecule has 0 spiro atoms. The maximum Gasteiger partial charge on any atom is 0.160 e. The van der Waals surface area contributed by atoms with E-state index in [-0.39, 0.29) is 5.82 Å². The van der Waals surface area contributed by atoms with Crippen LogP contribution in [-0.2, 0) is 0 Å². The molecule has 0 atom stereocenters. The summed E-state index contributed by atoms with van der Waals surface area (Å²) >= 11 is 0. The predicted octanol–water partition coefficient (Wildman–Crippen LogP) is 3.39. The number of rotatable bonds is 4. The number of nitrogens with one attached hydrogen (secondary N) is 2. The van der Waals surface area contributed by atoms with E-state index in [1.807, 2.05) is 19.1 Å². The van der Waals surface area contributed by atoms with E-state index in [1.165, 1.54) is 18.5 Å². The molecular weight excluding hydrogens is 295 g/mol. The van der Waals surface area contributed by atoms with Gasteiger partial charge in [0, 0.05) is 11.9 Å². The van der Waals surface area contributed by atoms with Crippen molar-refractivity contribution in [2.45, 2.75) is 6.92 Å². The molecule has 6 nitrogen and oxygen atoms in total. The van der Waals surface area contributed by atoms with Gasteiger partial charge in [0.15, 0.2) is 11.6 Å². The van der Waals surface area contributed by atoms with Crippen LogP contribution >= 0.6 is 0 Å². The number of benzene rings is 1. The molecule has 2 aromatic heterocycles. The second kappa shape index (κ2) is 6.27. The Bertz CT molecular complexity index is 819. The number of nitrogens with zero attached hydrogens (tertiary/aromatic N) is 3. The quantitative estimate of drug-likeness (QED) is 0.684. The number of hydrogen-bond acceptors (Lipinski definition) is 6. The average Bonchev–Trinajstić information content (AvgIpc) is 2.55. The number of anilines is 5. The van der Waals surface area contributed by atoms with Crippen molar-refractivity contribution in [3.8, 4) is 0 Å². The highest BCUT2D eigenvalue weighted by molar-refractivity contribution is 5.80. The van der Waals surface area contributed by atoms with E-state index in [2.05, 4.69) is 25.6 Å². The van der Waals surface area contributed by atoms with Crippen LogP contribution in [0.4, 0.5) is 33.2 Å². The molecule has 0 saturated carbocycles. The number of pyridine rings is 1. The van der Waals surface area contributed by atoms with Crippen molar-refractivity contribution in [2.24, 2.45) is 0 Å². The van der Waals surface area contributed by atoms with Crippen LogP contribution in [0.25, 0.3) is 0 Å². The van der Waals surface area contributed by atoms with Crippen molar-refractivity contribution in [1.82, 2.24) is 15.0 Å². The van der Waals surface area contributed by atoms with Gasteiger partial charge in [-0.05, 0) is 42.8 Å². The zero-order chi connectivity index (χ0) is 16.2. The van der Waals surface area contributed by atoms with Crippen molar-refractivity contribution in [3.05, 3.63) is 60.3 Å². The molecule has 116 valence electrons. The van der Waals surface area contributed by atoms with Gasteiger partial charge in [-0.3, -0.25) is 0 Å². The number of aryl methyl sites for hydroxylation is 1. The zero-order valence-electron chi connectivity index (χ0n) is 12.4. The van der Waals surface area contributed by atoms with Crippen LogP contribution in [-0.4, -0.2) is 15.0 Å². The zero-order valence-corrected chi connectivity index (χ0v) is 12.4. The lowest BCUT2D eigenvalue weighted by molar-refractivity contribution is 0.628. The number of nitrogens with two attached hydrogens (primary N) is 1. The smallest absolute Gasteiger partial charge is 0.160 e. The van der Waals surface area contributed by atoms with E-state index in [0.717, 1.165) is 5.56 Å². The third-order valence-electron chi connectivity index (χ3n) is 3.24. The summed E-state index contributed by atoms with van der Waals surface area (Å²) in [7, 11) is 0. The predicted molar refractivity (Wildman–Crippen MR) is 88.4 cm³/mol. The molecule has 1 aromatic carbocycles. The van der Waals surface area contributed by atoms with Crippen LogP contribution in [0.2, 0.25) is 0 Å². The van der Waals surface area contributed by atoms with Crippen molar-refractivity contribution in [2.75, 3.05) is 16.4 Å². The van der Waals surface area contributed by atoms with Crippen molar-refractivity contribution < 1.29 is 4.39 Å². The molecule has 7 heteroatoms. The molecule has 0 amide bonds. The SMILES string of the molecule is Cc1cccnc1Nc1ncnc(Nc2ccc(F)cc2)c1N. The largest absolute Gasteiger partial charge is 0.393 e. The summed E-state index contributed by atoms with van der Waals surface area (Å²) in [6.07, 6.45) is 3.08. The molecule has 3 aromatic rings. The highest BCUT2D eigenvalue weighted by Gasteiger charge is 2.10. The summed E-state index contributed by atoms with van der Waals surface area (Å²) in [6.45, 7) is 1.93. The summed E-state index contributed by atoms with van der Waals surface area (Å²) in [4.78, 5) is 12.5. The molecule has 0 saturated heterocycles. The summed E-state index contributed by atoms with van der Waals surface area (Å²) in [5.74, 6) is 1.25. The van der Waals surface area contributed by atoms with Gasteiger partial charge in [0.2, 0.25) is 0 Å². The van der Waals surface area contributed by atoms with Crippen LogP contribution in [0.3, 0.4) is 0 Å². The van der Waals surface area contributed by atoms with E-state index < -0.39 is 0 Å². The molecule has 4 N–H and O–H groups in total. The normalized spacial score (nSPS) is 10.3. The van der Waals surface area contributed by atoms with Gasteiger partial charge in [-0.25, -0.2) is 19.3 Å². The lowest BCUT2D eigenvalue weighted by atomic mass is 10.3. The van der Waals surface area contributed by atoms with Gasteiger partial charge in [0.25, 0.3) is 0 Å². The van der Waals surface area contributed by atoms with E-state index in [9.17, 15) is 4.39 Å². The minimum atomic E-state index is -0.306. The second-order valence-corrected chi connectivity index (χ2v) is 4.91. The fourth-order valence-electron chi connectivity index (χ4n) is 1.99. The second-order valence-electron chi connectivity index (χ2n) is 4.91. The Morgan fingerprint density at radius 3 is 2.30 bits per heavy atom. The van der Waals surface area contributed by atoms with Gasteiger partial charge < -0.3 is 16.4 Å². The highest BCUT2D eigenvalue weighted by Crippen LogP contribution is 2.28. The lowest BCUT2D eigenvalue weighted by Gasteiger charge is -2.13. The topological polar surface area (TPSA) is 88.8 Å². The fraction of sp³-hybridized carbons (Fsp3) is 0.0625. The van der Waals surface area contributed by atoms with Gasteiger partial charge in [0.05, 0.1) is 0 Å².